The van der Waals surface area contributed by atoms with Crippen LogP contribution in [0.25, 0.3) is 11.5 Å². The molecule has 10 nitrogen and oxygen atoms in total. The Hall–Kier alpha value is -5.12. The first-order valence-electron chi connectivity index (χ1n) is 11.5. The largest absolute Gasteiger partial charge is 0.403 e. The van der Waals surface area contributed by atoms with Crippen LogP contribution in [0.15, 0.2) is 92.3 Å². The van der Waals surface area contributed by atoms with Crippen molar-refractivity contribution in [3.8, 4) is 11.5 Å². The average Bonchev–Trinajstić information content (AvgIpc) is 3.34. The number of hydrazone groups is 1. The van der Waals surface area contributed by atoms with Gasteiger partial charge in [0, 0.05) is 30.5 Å². The van der Waals surface area contributed by atoms with Gasteiger partial charge in [0.1, 0.15) is 6.34 Å². The molecule has 0 aliphatic carbocycles. The lowest BCUT2D eigenvalue weighted by Gasteiger charge is -2.15. The standard InChI is InChI=1S/C27H24N8O2/c1-17-15-19(13-14-22(17)35(29-3)16-28-2)26-33-34-27(37-26)32-24-25(36)30-21-12-8-7-11-20(21)23(31-24)18-9-5-4-6-10-18/h4-16,24H,3H2,1-2H3,(H,30,36)(H,32,34). The van der Waals surface area contributed by atoms with Crippen molar-refractivity contribution < 1.29 is 9.21 Å². The molecular formula is C27H24N8O2. The first-order valence-corrected chi connectivity index (χ1v) is 11.5. The van der Waals surface area contributed by atoms with E-state index in [9.17, 15) is 4.79 Å². The van der Waals surface area contributed by atoms with E-state index in [2.05, 4.69) is 37.6 Å². The zero-order valence-corrected chi connectivity index (χ0v) is 20.3. The number of amides is 1. The molecule has 0 fully saturated rings. The van der Waals surface area contributed by atoms with Crippen LogP contribution in [-0.4, -0.2) is 48.1 Å². The first-order chi connectivity index (χ1) is 18.1. The summed E-state index contributed by atoms with van der Waals surface area (Å²) in [6.07, 6.45) is 0.588. The van der Waals surface area contributed by atoms with Crippen LogP contribution in [0.2, 0.25) is 0 Å². The molecule has 1 aliphatic rings. The van der Waals surface area contributed by atoms with Crippen molar-refractivity contribution in [2.24, 2.45) is 15.1 Å². The van der Waals surface area contributed by atoms with Crippen LogP contribution in [0.4, 0.5) is 17.4 Å². The number of carbonyl (C=O) groups excluding carboxylic acids is 1. The molecule has 0 bridgehead atoms. The molecule has 1 aliphatic heterocycles. The SMILES string of the molecule is C=NN(C=NC)c1ccc(-c2nnc(NC3N=C(c4ccccc4)c4ccccc4NC3=O)o2)cc1C. The van der Waals surface area contributed by atoms with E-state index in [4.69, 9.17) is 9.41 Å². The van der Waals surface area contributed by atoms with Crippen LogP contribution < -0.4 is 15.6 Å². The van der Waals surface area contributed by atoms with Gasteiger partial charge >= 0.3 is 6.01 Å². The summed E-state index contributed by atoms with van der Waals surface area (Å²) in [7, 11) is 1.66. The number of nitrogens with one attached hydrogen (secondary N) is 2. The molecule has 5 rings (SSSR count). The van der Waals surface area contributed by atoms with Crippen molar-refractivity contribution in [1.29, 1.82) is 0 Å². The van der Waals surface area contributed by atoms with Gasteiger partial charge in [0.15, 0.2) is 0 Å². The maximum Gasteiger partial charge on any atom is 0.317 e. The molecule has 0 radical (unpaired) electrons. The molecule has 0 saturated carbocycles. The number of benzodiazepines with no additional fused rings is 1. The zero-order chi connectivity index (χ0) is 25.8. The van der Waals surface area contributed by atoms with E-state index in [0.29, 0.717) is 22.9 Å². The van der Waals surface area contributed by atoms with Gasteiger partial charge in [0.25, 0.3) is 5.91 Å². The lowest BCUT2D eigenvalue weighted by Crippen LogP contribution is -2.32. The third-order valence-electron chi connectivity index (χ3n) is 5.75. The Kier molecular flexibility index (Phi) is 6.54. The molecule has 2 heterocycles. The number of nitrogens with zero attached hydrogens (tertiary/aromatic N) is 6. The monoisotopic (exact) mass is 492 g/mol. The second-order valence-electron chi connectivity index (χ2n) is 8.20. The van der Waals surface area contributed by atoms with Crippen molar-refractivity contribution in [2.75, 3.05) is 22.7 Å². The number of fused-ring (bicyclic) bond motifs is 1. The predicted molar refractivity (Wildman–Crippen MR) is 145 cm³/mol. The molecule has 10 heteroatoms. The number of rotatable bonds is 7. The summed E-state index contributed by atoms with van der Waals surface area (Å²) < 4.78 is 5.85. The van der Waals surface area contributed by atoms with E-state index in [1.165, 1.54) is 0 Å². The maximum absolute atomic E-state index is 13.1. The second-order valence-corrected chi connectivity index (χ2v) is 8.20. The number of hydrogen-bond donors (Lipinski definition) is 2. The van der Waals surface area contributed by atoms with Gasteiger partial charge in [-0.25, -0.2) is 10.0 Å². The number of aromatic nitrogens is 2. The fraction of sp³-hybridized carbons (Fsp3) is 0.111. The van der Waals surface area contributed by atoms with Gasteiger partial charge < -0.3 is 15.1 Å². The summed E-state index contributed by atoms with van der Waals surface area (Å²) in [5, 5.41) is 19.7. The van der Waals surface area contributed by atoms with E-state index in [0.717, 1.165) is 22.4 Å². The summed E-state index contributed by atoms with van der Waals surface area (Å²) in [5.74, 6) is -0.0445. The smallest absolute Gasteiger partial charge is 0.317 e. The van der Waals surface area contributed by atoms with E-state index in [1.807, 2.05) is 79.7 Å². The lowest BCUT2D eigenvalue weighted by molar-refractivity contribution is -0.116. The average molecular weight is 493 g/mol. The molecule has 184 valence electrons. The highest BCUT2D eigenvalue weighted by molar-refractivity contribution is 6.19. The number of benzene rings is 3. The van der Waals surface area contributed by atoms with Crippen LogP contribution in [0.1, 0.15) is 16.7 Å². The van der Waals surface area contributed by atoms with Crippen molar-refractivity contribution in [2.45, 2.75) is 13.1 Å². The van der Waals surface area contributed by atoms with Crippen LogP contribution in [-0.2, 0) is 4.79 Å². The quantitative estimate of drug-likeness (QED) is 0.225. The highest BCUT2D eigenvalue weighted by atomic mass is 16.4. The number of hydrogen-bond acceptors (Lipinski definition) is 8. The third kappa shape index (κ3) is 4.85. The third-order valence-corrected chi connectivity index (χ3v) is 5.75. The maximum atomic E-state index is 13.1. The van der Waals surface area contributed by atoms with Crippen LogP contribution >= 0.6 is 0 Å². The van der Waals surface area contributed by atoms with E-state index >= 15 is 0 Å². The number of carbonyl (C=O) groups is 1. The molecule has 1 unspecified atom stereocenters. The molecular weight excluding hydrogens is 468 g/mol. The first kappa shape index (κ1) is 23.6. The Bertz CT molecular complexity index is 1510. The summed E-state index contributed by atoms with van der Waals surface area (Å²) in [6, 6.07) is 22.9. The highest BCUT2D eigenvalue weighted by Gasteiger charge is 2.27. The topological polar surface area (TPSA) is 120 Å². The number of aryl methyl sites for hydroxylation is 1. The summed E-state index contributed by atoms with van der Waals surface area (Å²) in [6.45, 7) is 5.51. The van der Waals surface area contributed by atoms with E-state index in [-0.39, 0.29) is 11.9 Å². The lowest BCUT2D eigenvalue weighted by atomic mass is 10.0. The van der Waals surface area contributed by atoms with Crippen molar-refractivity contribution >= 4 is 42.1 Å². The summed E-state index contributed by atoms with van der Waals surface area (Å²) >= 11 is 0. The van der Waals surface area contributed by atoms with Gasteiger partial charge in [-0.2, -0.15) is 5.10 Å². The zero-order valence-electron chi connectivity index (χ0n) is 20.3. The van der Waals surface area contributed by atoms with Gasteiger partial charge in [-0.1, -0.05) is 53.6 Å². The van der Waals surface area contributed by atoms with E-state index in [1.54, 1.807) is 18.4 Å². The van der Waals surface area contributed by atoms with Gasteiger partial charge in [0.2, 0.25) is 12.1 Å². The minimum atomic E-state index is -0.986. The molecule has 3 aromatic carbocycles. The Balaban J connectivity index is 1.43. The summed E-state index contributed by atoms with van der Waals surface area (Å²) in [4.78, 5) is 21.8. The number of aliphatic imine (C=N–C) groups is 2. The molecule has 1 aromatic heterocycles. The van der Waals surface area contributed by atoms with Gasteiger partial charge in [0.05, 0.1) is 17.1 Å². The molecule has 2 N–H and O–H groups in total. The molecule has 1 atom stereocenters. The van der Waals surface area contributed by atoms with Gasteiger partial charge in [-0.15, -0.1) is 5.10 Å². The van der Waals surface area contributed by atoms with Crippen molar-refractivity contribution in [3.63, 3.8) is 0 Å². The molecule has 1 amide bonds. The van der Waals surface area contributed by atoms with Gasteiger partial charge in [-0.3, -0.25) is 9.79 Å². The van der Waals surface area contributed by atoms with Crippen LogP contribution in [0, 0.1) is 6.92 Å². The Morgan fingerprint density at radius 1 is 1.05 bits per heavy atom. The Morgan fingerprint density at radius 3 is 2.59 bits per heavy atom. The molecule has 37 heavy (non-hydrogen) atoms. The van der Waals surface area contributed by atoms with Crippen molar-refractivity contribution in [3.05, 3.63) is 89.5 Å². The highest BCUT2D eigenvalue weighted by Crippen LogP contribution is 2.28. The summed E-state index contributed by atoms with van der Waals surface area (Å²) in [5.41, 5.74) is 5.51. The molecule has 4 aromatic rings. The fourth-order valence-corrected chi connectivity index (χ4v) is 4.03. The van der Waals surface area contributed by atoms with Crippen LogP contribution in [0.5, 0.6) is 0 Å². The van der Waals surface area contributed by atoms with Gasteiger partial charge in [-0.05, 0) is 36.8 Å². The predicted octanol–water partition coefficient (Wildman–Crippen LogP) is 4.35. The fourth-order valence-electron chi connectivity index (χ4n) is 4.03. The minimum Gasteiger partial charge on any atom is -0.403 e. The van der Waals surface area contributed by atoms with E-state index < -0.39 is 6.17 Å². The van der Waals surface area contributed by atoms with Crippen molar-refractivity contribution in [1.82, 2.24) is 10.2 Å². The number of anilines is 3. The molecule has 0 saturated heterocycles. The number of para-hydroxylation sites is 1. The normalized spacial score (nSPS) is 14.9. The van der Waals surface area contributed by atoms with Crippen LogP contribution in [0.3, 0.4) is 0 Å². The Morgan fingerprint density at radius 2 is 1.84 bits per heavy atom. The molecule has 0 spiro atoms. The minimum absolute atomic E-state index is 0.0755. The Labute approximate surface area is 213 Å². The second kappa shape index (κ2) is 10.2.